The second-order valence-electron chi connectivity index (χ2n) is 4.18. The van der Waals surface area contributed by atoms with Crippen molar-refractivity contribution < 1.29 is 22.7 Å². The van der Waals surface area contributed by atoms with E-state index >= 15 is 0 Å². The Morgan fingerprint density at radius 3 is 2.38 bits per heavy atom. The molecule has 0 aliphatic rings. The summed E-state index contributed by atoms with van der Waals surface area (Å²) in [7, 11) is 1.32. The maximum Gasteiger partial charge on any atom is 0.573 e. The third kappa shape index (κ3) is 3.77. The minimum atomic E-state index is -4.86. The quantitative estimate of drug-likeness (QED) is 0.578. The van der Waals surface area contributed by atoms with Crippen molar-refractivity contribution in [1.82, 2.24) is 5.32 Å². The zero-order chi connectivity index (χ0) is 16.4. The van der Waals surface area contributed by atoms with Gasteiger partial charge in [0.05, 0.1) is 5.69 Å². The zero-order valence-electron chi connectivity index (χ0n) is 11.6. The molecule has 0 heterocycles. The number of nitrogens with two attached hydrogens (primary N) is 1. The molecule has 0 bridgehead atoms. The van der Waals surface area contributed by atoms with Gasteiger partial charge >= 0.3 is 12.4 Å². The molecule has 0 unspecified atom stereocenters. The third-order valence-electron chi connectivity index (χ3n) is 2.69. The molecule has 0 saturated carbocycles. The predicted octanol–water partition coefficient (Wildman–Crippen LogP) is 2.24. The number of hydrogen-bond donors (Lipinski definition) is 3. The first-order valence-corrected chi connectivity index (χ1v) is 5.80. The Morgan fingerprint density at radius 1 is 1.38 bits per heavy atom. The van der Waals surface area contributed by atoms with Gasteiger partial charge in [-0.25, -0.2) is 9.69 Å². The van der Waals surface area contributed by atoms with E-state index in [9.17, 15) is 18.0 Å². The first-order chi connectivity index (χ1) is 9.58. The van der Waals surface area contributed by atoms with Crippen molar-refractivity contribution in [3.8, 4) is 5.75 Å². The number of benzene rings is 1. The highest BCUT2D eigenvalue weighted by Gasteiger charge is 2.33. The summed E-state index contributed by atoms with van der Waals surface area (Å²) in [6.07, 6.45) is -4.86. The number of carbonyl (C=O) groups excluding carboxylic acids is 1. The van der Waals surface area contributed by atoms with Gasteiger partial charge in [-0.3, -0.25) is 5.41 Å². The molecular weight excluding hydrogens is 289 g/mol. The van der Waals surface area contributed by atoms with Crippen LogP contribution in [0.4, 0.5) is 23.7 Å². The Kier molecular flexibility index (Phi) is 4.66. The van der Waals surface area contributed by atoms with Crippen molar-refractivity contribution in [2.24, 2.45) is 5.73 Å². The van der Waals surface area contributed by atoms with Crippen molar-refractivity contribution in [3.63, 3.8) is 0 Å². The standard InChI is InChI=1S/C12H15F3N4O2/c1-6-4-5-8(21-12(13,14)15)7(2)9(6)19(10(16)17)11(20)18-3/h4-5H,1-3H3,(H3,16,17)(H,18,20). The lowest BCUT2D eigenvalue weighted by Gasteiger charge is -2.25. The van der Waals surface area contributed by atoms with Crippen LogP contribution in [0.15, 0.2) is 12.1 Å². The molecule has 1 aromatic carbocycles. The molecule has 0 atom stereocenters. The molecule has 0 spiro atoms. The van der Waals surface area contributed by atoms with Crippen LogP contribution in [-0.4, -0.2) is 25.4 Å². The molecule has 6 nitrogen and oxygen atoms in total. The van der Waals surface area contributed by atoms with Crippen LogP contribution >= 0.6 is 0 Å². The fourth-order valence-corrected chi connectivity index (χ4v) is 1.84. The first-order valence-electron chi connectivity index (χ1n) is 5.80. The largest absolute Gasteiger partial charge is 0.573 e. The molecule has 1 rings (SSSR count). The number of carbonyl (C=O) groups is 1. The Hall–Kier alpha value is -2.45. The molecule has 9 heteroatoms. The Balaban J connectivity index is 3.43. The van der Waals surface area contributed by atoms with Crippen molar-refractivity contribution in [3.05, 3.63) is 23.3 Å². The number of rotatable bonds is 2. The van der Waals surface area contributed by atoms with Gasteiger partial charge in [-0.15, -0.1) is 13.2 Å². The highest BCUT2D eigenvalue weighted by Crippen LogP contribution is 2.34. The molecule has 0 fully saturated rings. The lowest BCUT2D eigenvalue weighted by atomic mass is 10.1. The van der Waals surface area contributed by atoms with E-state index in [0.29, 0.717) is 5.56 Å². The van der Waals surface area contributed by atoms with Crippen molar-refractivity contribution in [1.29, 1.82) is 5.41 Å². The molecule has 0 saturated heterocycles. The summed E-state index contributed by atoms with van der Waals surface area (Å²) >= 11 is 0. The number of nitrogens with one attached hydrogen (secondary N) is 2. The van der Waals surface area contributed by atoms with Crippen LogP contribution in [0.25, 0.3) is 0 Å². The number of ether oxygens (including phenoxy) is 1. The topological polar surface area (TPSA) is 91.4 Å². The number of nitrogens with zero attached hydrogens (tertiary/aromatic N) is 1. The van der Waals surface area contributed by atoms with E-state index < -0.39 is 24.1 Å². The predicted molar refractivity (Wildman–Crippen MR) is 71.4 cm³/mol. The Morgan fingerprint density at radius 2 is 1.95 bits per heavy atom. The average molecular weight is 304 g/mol. The van der Waals surface area contributed by atoms with Gasteiger partial charge in [-0.2, -0.15) is 0 Å². The molecule has 2 amide bonds. The summed E-state index contributed by atoms with van der Waals surface area (Å²) in [6, 6.07) is 1.75. The molecule has 0 aliphatic carbocycles. The summed E-state index contributed by atoms with van der Waals surface area (Å²) in [5.74, 6) is -1.08. The van der Waals surface area contributed by atoms with Gasteiger partial charge in [0, 0.05) is 12.6 Å². The Labute approximate surface area is 119 Å². The zero-order valence-corrected chi connectivity index (χ0v) is 11.6. The van der Waals surface area contributed by atoms with Crippen LogP contribution in [0.2, 0.25) is 0 Å². The van der Waals surface area contributed by atoms with Crippen molar-refractivity contribution in [2.45, 2.75) is 20.2 Å². The normalized spacial score (nSPS) is 11.0. The smallest absolute Gasteiger partial charge is 0.405 e. The number of amides is 2. The number of alkyl halides is 3. The third-order valence-corrected chi connectivity index (χ3v) is 2.69. The summed E-state index contributed by atoms with van der Waals surface area (Å²) in [5, 5.41) is 9.72. The van der Waals surface area contributed by atoms with E-state index in [2.05, 4.69) is 10.1 Å². The molecule has 0 aliphatic heterocycles. The SMILES string of the molecule is CNC(=O)N(C(=N)N)c1c(C)ccc(OC(F)(F)F)c1C. The van der Waals surface area contributed by atoms with Gasteiger partial charge in [-0.05, 0) is 25.5 Å². The molecule has 0 radical (unpaired) electrons. The minimum absolute atomic E-state index is 0.0473. The number of urea groups is 1. The summed E-state index contributed by atoms with van der Waals surface area (Å²) in [5.41, 5.74) is 5.94. The maximum atomic E-state index is 12.4. The fraction of sp³-hybridized carbons (Fsp3) is 0.333. The van der Waals surface area contributed by atoms with E-state index in [0.717, 1.165) is 11.0 Å². The number of anilines is 1. The molecule has 0 aromatic heterocycles. The lowest BCUT2D eigenvalue weighted by molar-refractivity contribution is -0.274. The highest BCUT2D eigenvalue weighted by molar-refractivity contribution is 6.14. The summed E-state index contributed by atoms with van der Waals surface area (Å²) in [4.78, 5) is 12.6. The van der Waals surface area contributed by atoms with Crippen LogP contribution in [0.1, 0.15) is 11.1 Å². The maximum absolute atomic E-state index is 12.4. The monoisotopic (exact) mass is 304 g/mol. The van der Waals surface area contributed by atoms with Gasteiger partial charge in [0.1, 0.15) is 5.75 Å². The van der Waals surface area contributed by atoms with Crippen LogP contribution in [0, 0.1) is 19.3 Å². The molecule has 1 aromatic rings. The molecule has 116 valence electrons. The number of hydrogen-bond acceptors (Lipinski definition) is 3. The summed E-state index contributed by atoms with van der Waals surface area (Å²) in [6.45, 7) is 2.93. The van der Waals surface area contributed by atoms with E-state index in [1.165, 1.54) is 20.0 Å². The van der Waals surface area contributed by atoms with Crippen LogP contribution in [-0.2, 0) is 0 Å². The van der Waals surface area contributed by atoms with Crippen molar-refractivity contribution in [2.75, 3.05) is 11.9 Å². The second-order valence-corrected chi connectivity index (χ2v) is 4.18. The van der Waals surface area contributed by atoms with Crippen LogP contribution in [0.5, 0.6) is 5.75 Å². The van der Waals surface area contributed by atoms with Gasteiger partial charge in [0.15, 0.2) is 0 Å². The second kappa shape index (κ2) is 5.90. The lowest BCUT2D eigenvalue weighted by Crippen LogP contribution is -2.46. The van der Waals surface area contributed by atoms with Gasteiger partial charge in [-0.1, -0.05) is 6.07 Å². The fourth-order valence-electron chi connectivity index (χ4n) is 1.84. The van der Waals surface area contributed by atoms with E-state index in [-0.39, 0.29) is 11.3 Å². The van der Waals surface area contributed by atoms with E-state index in [1.807, 2.05) is 0 Å². The van der Waals surface area contributed by atoms with Gasteiger partial charge in [0.25, 0.3) is 0 Å². The molecular formula is C12H15F3N4O2. The van der Waals surface area contributed by atoms with E-state index in [1.54, 1.807) is 6.92 Å². The number of aryl methyl sites for hydroxylation is 1. The number of halogens is 3. The first kappa shape index (κ1) is 16.6. The minimum Gasteiger partial charge on any atom is -0.405 e. The van der Waals surface area contributed by atoms with Crippen LogP contribution < -0.4 is 20.7 Å². The van der Waals surface area contributed by atoms with Gasteiger partial charge < -0.3 is 15.8 Å². The average Bonchev–Trinajstić information content (AvgIpc) is 2.35. The summed E-state index contributed by atoms with van der Waals surface area (Å²) < 4.78 is 41.0. The van der Waals surface area contributed by atoms with Gasteiger partial charge in [0.2, 0.25) is 5.96 Å². The Bertz CT molecular complexity index is 572. The van der Waals surface area contributed by atoms with Crippen LogP contribution in [0.3, 0.4) is 0 Å². The number of guanidine groups is 1. The molecule has 21 heavy (non-hydrogen) atoms. The van der Waals surface area contributed by atoms with Crippen molar-refractivity contribution >= 4 is 17.7 Å². The highest BCUT2D eigenvalue weighted by atomic mass is 19.4. The molecule has 4 N–H and O–H groups in total. The van der Waals surface area contributed by atoms with E-state index in [4.69, 9.17) is 11.1 Å².